The Hall–Kier alpha value is -0.370. The summed E-state index contributed by atoms with van der Waals surface area (Å²) in [5.41, 5.74) is 0.603. The molecule has 2 rings (SSSR count). The van der Waals surface area contributed by atoms with E-state index in [1.165, 1.54) is 11.3 Å². The van der Waals surface area contributed by atoms with Crippen molar-refractivity contribution in [2.24, 2.45) is 0 Å². The SMILES string of the molecule is CCCCCOC(=O)c1cc(Br)sc1-c1sc(Br)cc1OCCCCC. The molecule has 0 aromatic carbocycles. The van der Waals surface area contributed by atoms with Crippen LogP contribution in [-0.4, -0.2) is 19.2 Å². The molecule has 2 heterocycles. The van der Waals surface area contributed by atoms with Crippen molar-refractivity contribution in [1.82, 2.24) is 0 Å². The molecule has 0 atom stereocenters. The van der Waals surface area contributed by atoms with Crippen molar-refractivity contribution < 1.29 is 14.3 Å². The number of thiophene rings is 2. The van der Waals surface area contributed by atoms with Gasteiger partial charge in [0, 0.05) is 6.07 Å². The molecule has 0 spiro atoms. The van der Waals surface area contributed by atoms with Crippen molar-refractivity contribution in [3.05, 3.63) is 25.3 Å². The maximum absolute atomic E-state index is 12.5. The standard InChI is InChI=1S/C19H24Br2O3S2/c1-3-5-7-9-23-14-12-16(21)26-18(14)17-13(11-15(20)25-17)19(22)24-10-8-6-4-2/h11-12H,3-10H2,1-2H3. The lowest BCUT2D eigenvalue weighted by atomic mass is 10.2. The number of hydrogen-bond donors (Lipinski definition) is 0. The normalized spacial score (nSPS) is 10.9. The zero-order valence-electron chi connectivity index (χ0n) is 15.1. The molecular weight excluding hydrogens is 500 g/mol. The molecule has 0 N–H and O–H groups in total. The minimum Gasteiger partial charge on any atom is -0.492 e. The van der Waals surface area contributed by atoms with Crippen LogP contribution in [0.2, 0.25) is 0 Å². The number of hydrogen-bond acceptors (Lipinski definition) is 5. The van der Waals surface area contributed by atoms with E-state index in [9.17, 15) is 4.79 Å². The van der Waals surface area contributed by atoms with E-state index in [1.54, 1.807) is 11.3 Å². The van der Waals surface area contributed by atoms with E-state index in [0.717, 1.165) is 61.6 Å². The van der Waals surface area contributed by atoms with Crippen LogP contribution in [-0.2, 0) is 4.74 Å². The number of esters is 1. The van der Waals surface area contributed by atoms with Gasteiger partial charge in [0.15, 0.2) is 0 Å². The third-order valence-corrected chi connectivity index (χ3v) is 7.20. The molecule has 3 nitrogen and oxygen atoms in total. The van der Waals surface area contributed by atoms with Gasteiger partial charge in [-0.1, -0.05) is 39.5 Å². The highest BCUT2D eigenvalue weighted by atomic mass is 79.9. The van der Waals surface area contributed by atoms with E-state index in [1.807, 2.05) is 12.1 Å². The molecule has 0 saturated heterocycles. The monoisotopic (exact) mass is 522 g/mol. The number of unbranched alkanes of at least 4 members (excludes halogenated alkanes) is 4. The molecule has 144 valence electrons. The second kappa shape index (κ2) is 11.5. The second-order valence-electron chi connectivity index (χ2n) is 5.94. The maximum atomic E-state index is 12.5. The smallest absolute Gasteiger partial charge is 0.339 e. The lowest BCUT2D eigenvalue weighted by molar-refractivity contribution is 0.0499. The van der Waals surface area contributed by atoms with E-state index in [0.29, 0.717) is 18.8 Å². The van der Waals surface area contributed by atoms with Crippen molar-refractivity contribution in [1.29, 1.82) is 0 Å². The van der Waals surface area contributed by atoms with E-state index < -0.39 is 0 Å². The molecule has 0 saturated carbocycles. The summed E-state index contributed by atoms with van der Waals surface area (Å²) in [5.74, 6) is 0.562. The minimum absolute atomic E-state index is 0.264. The third-order valence-electron chi connectivity index (χ3n) is 3.78. The number of rotatable bonds is 11. The summed E-state index contributed by atoms with van der Waals surface area (Å²) in [6.07, 6.45) is 6.43. The Labute approximate surface area is 180 Å². The van der Waals surface area contributed by atoms with Gasteiger partial charge < -0.3 is 9.47 Å². The number of halogens is 2. The van der Waals surface area contributed by atoms with Crippen LogP contribution in [0.5, 0.6) is 5.75 Å². The summed E-state index contributed by atoms with van der Waals surface area (Å²) in [6.45, 7) is 5.46. The molecular formula is C19H24Br2O3S2. The van der Waals surface area contributed by atoms with Gasteiger partial charge in [-0.25, -0.2) is 4.79 Å². The van der Waals surface area contributed by atoms with Gasteiger partial charge in [0.05, 0.1) is 36.1 Å². The molecule has 0 fully saturated rings. The lowest BCUT2D eigenvalue weighted by Gasteiger charge is -2.08. The first kappa shape index (κ1) is 21.9. The van der Waals surface area contributed by atoms with Gasteiger partial charge in [-0.15, -0.1) is 22.7 Å². The predicted octanol–water partition coefficient (Wildman–Crippen LogP) is 7.92. The van der Waals surface area contributed by atoms with Gasteiger partial charge in [-0.05, 0) is 50.8 Å². The average molecular weight is 524 g/mol. The first-order valence-corrected chi connectivity index (χ1v) is 12.2. The fraction of sp³-hybridized carbons (Fsp3) is 0.526. The highest BCUT2D eigenvalue weighted by molar-refractivity contribution is 9.11. The highest BCUT2D eigenvalue weighted by Crippen LogP contribution is 2.46. The minimum atomic E-state index is -0.264. The van der Waals surface area contributed by atoms with Crippen LogP contribution in [0.1, 0.15) is 62.7 Å². The molecule has 2 aromatic rings. The Morgan fingerprint density at radius 3 is 2.23 bits per heavy atom. The van der Waals surface area contributed by atoms with Crippen molar-refractivity contribution >= 4 is 60.5 Å². The Bertz CT molecular complexity index is 710. The van der Waals surface area contributed by atoms with E-state index in [4.69, 9.17) is 9.47 Å². The highest BCUT2D eigenvalue weighted by Gasteiger charge is 2.23. The third kappa shape index (κ3) is 6.36. The van der Waals surface area contributed by atoms with Gasteiger partial charge >= 0.3 is 5.97 Å². The van der Waals surface area contributed by atoms with Crippen molar-refractivity contribution in [3.63, 3.8) is 0 Å². The van der Waals surface area contributed by atoms with Crippen molar-refractivity contribution in [2.45, 2.75) is 52.4 Å². The first-order valence-electron chi connectivity index (χ1n) is 8.95. The number of carbonyl (C=O) groups excluding carboxylic acids is 1. The zero-order chi connectivity index (χ0) is 18.9. The average Bonchev–Trinajstić information content (AvgIpc) is 3.18. The van der Waals surface area contributed by atoms with Crippen molar-refractivity contribution in [3.8, 4) is 15.5 Å². The van der Waals surface area contributed by atoms with Crippen molar-refractivity contribution in [2.75, 3.05) is 13.2 Å². The Morgan fingerprint density at radius 1 is 0.923 bits per heavy atom. The maximum Gasteiger partial charge on any atom is 0.339 e. The largest absolute Gasteiger partial charge is 0.492 e. The van der Waals surface area contributed by atoms with Gasteiger partial charge in [0.25, 0.3) is 0 Å². The van der Waals surface area contributed by atoms with Crippen LogP contribution in [0, 0.1) is 0 Å². The summed E-state index contributed by atoms with van der Waals surface area (Å²) >= 11 is 10.2. The molecule has 2 aromatic heterocycles. The molecule has 0 unspecified atom stereocenters. The van der Waals surface area contributed by atoms with E-state index >= 15 is 0 Å². The van der Waals surface area contributed by atoms with Gasteiger partial charge in [0.1, 0.15) is 5.75 Å². The molecule has 0 bridgehead atoms. The van der Waals surface area contributed by atoms with Gasteiger partial charge in [0.2, 0.25) is 0 Å². The Balaban J connectivity index is 2.17. The van der Waals surface area contributed by atoms with Crippen LogP contribution >= 0.6 is 54.5 Å². The summed E-state index contributed by atoms with van der Waals surface area (Å²) in [5, 5.41) is 0. The molecule has 26 heavy (non-hydrogen) atoms. The van der Waals surface area contributed by atoms with Crippen LogP contribution < -0.4 is 4.74 Å². The fourth-order valence-electron chi connectivity index (χ4n) is 2.42. The Morgan fingerprint density at radius 2 is 1.54 bits per heavy atom. The first-order chi connectivity index (χ1) is 12.6. The topological polar surface area (TPSA) is 35.5 Å². The Kier molecular flexibility index (Phi) is 9.67. The molecule has 0 aliphatic carbocycles. The predicted molar refractivity (Wildman–Crippen MR) is 118 cm³/mol. The van der Waals surface area contributed by atoms with E-state index in [-0.39, 0.29) is 5.97 Å². The number of carbonyl (C=O) groups is 1. The second-order valence-corrected chi connectivity index (χ2v) is 10.8. The summed E-state index contributed by atoms with van der Waals surface area (Å²) in [7, 11) is 0. The molecule has 7 heteroatoms. The zero-order valence-corrected chi connectivity index (χ0v) is 19.9. The lowest BCUT2D eigenvalue weighted by Crippen LogP contribution is -2.06. The number of ether oxygens (including phenoxy) is 2. The van der Waals surface area contributed by atoms with Gasteiger partial charge in [-0.3, -0.25) is 0 Å². The van der Waals surface area contributed by atoms with Crippen LogP contribution in [0.4, 0.5) is 0 Å². The summed E-state index contributed by atoms with van der Waals surface area (Å²) in [6, 6.07) is 3.83. The summed E-state index contributed by atoms with van der Waals surface area (Å²) in [4.78, 5) is 14.4. The van der Waals surface area contributed by atoms with Crippen LogP contribution in [0.25, 0.3) is 9.75 Å². The van der Waals surface area contributed by atoms with E-state index in [2.05, 4.69) is 45.7 Å². The summed E-state index contributed by atoms with van der Waals surface area (Å²) < 4.78 is 13.4. The molecule has 0 aliphatic rings. The van der Waals surface area contributed by atoms with Crippen LogP contribution in [0.15, 0.2) is 19.7 Å². The molecule has 0 aliphatic heterocycles. The quantitative estimate of drug-likeness (QED) is 0.221. The molecule has 0 radical (unpaired) electrons. The van der Waals surface area contributed by atoms with Crippen LogP contribution in [0.3, 0.4) is 0 Å². The fourth-order valence-corrected chi connectivity index (χ4v) is 5.68. The molecule has 0 amide bonds. The van der Waals surface area contributed by atoms with Gasteiger partial charge in [-0.2, -0.15) is 0 Å².